The molecular weight excluding hydrogens is 288 g/mol. The van der Waals surface area contributed by atoms with E-state index in [9.17, 15) is 18.0 Å². The van der Waals surface area contributed by atoms with Gasteiger partial charge in [0.05, 0.1) is 13.0 Å². The molecule has 0 aromatic heterocycles. The fraction of sp³-hybridized carbons (Fsp3) is 0.571. The molecule has 11 heteroatoms. The summed E-state index contributed by atoms with van der Waals surface area (Å²) in [4.78, 5) is 25.5. The SMILES string of the molecule is N.O=C(O)CC(C(=O)OC1=NCCS1)S(=O)(=O)O. The van der Waals surface area contributed by atoms with Crippen molar-refractivity contribution in [1.29, 1.82) is 0 Å². The number of ether oxygens (including phenoxy) is 1. The van der Waals surface area contributed by atoms with E-state index in [0.29, 0.717) is 12.3 Å². The minimum absolute atomic E-state index is 0. The third-order valence-electron chi connectivity index (χ3n) is 1.73. The van der Waals surface area contributed by atoms with E-state index in [0.717, 1.165) is 11.8 Å². The van der Waals surface area contributed by atoms with E-state index in [-0.39, 0.29) is 11.4 Å². The summed E-state index contributed by atoms with van der Waals surface area (Å²) >= 11 is 1.10. The summed E-state index contributed by atoms with van der Waals surface area (Å²) in [6.45, 7) is 0.433. The third-order valence-corrected chi connectivity index (χ3v) is 3.65. The number of aliphatic imine (C=N–C) groups is 1. The fourth-order valence-electron chi connectivity index (χ4n) is 0.998. The molecule has 0 spiro atoms. The molecule has 0 saturated heterocycles. The molecule has 0 aliphatic carbocycles. The first-order chi connectivity index (χ1) is 7.80. The van der Waals surface area contributed by atoms with Gasteiger partial charge in [0.1, 0.15) is 0 Å². The first-order valence-electron chi connectivity index (χ1n) is 4.37. The van der Waals surface area contributed by atoms with E-state index >= 15 is 0 Å². The van der Waals surface area contributed by atoms with Crippen molar-refractivity contribution in [2.45, 2.75) is 11.7 Å². The van der Waals surface area contributed by atoms with Gasteiger partial charge in [-0.3, -0.25) is 14.1 Å². The van der Waals surface area contributed by atoms with Crippen LogP contribution in [0.2, 0.25) is 0 Å². The smallest absolute Gasteiger partial charge is 0.334 e. The molecule has 0 radical (unpaired) electrons. The standard InChI is InChI=1S/C7H9NO7S2.H3N/c9-5(10)3-4(17(12,13)14)6(11)15-7-8-1-2-16-7;/h4H,1-3H2,(H,9,10)(H,12,13,14);1H3. The average Bonchev–Trinajstić information content (AvgIpc) is 2.64. The Bertz CT molecular complexity index is 458. The van der Waals surface area contributed by atoms with Crippen molar-refractivity contribution in [2.24, 2.45) is 4.99 Å². The van der Waals surface area contributed by atoms with Crippen LogP contribution in [0.3, 0.4) is 0 Å². The van der Waals surface area contributed by atoms with E-state index < -0.39 is 33.7 Å². The Morgan fingerprint density at radius 3 is 2.50 bits per heavy atom. The van der Waals surface area contributed by atoms with Gasteiger partial charge in [0.2, 0.25) is 0 Å². The summed E-state index contributed by atoms with van der Waals surface area (Å²) in [5.74, 6) is -2.29. The Labute approximate surface area is 107 Å². The highest BCUT2D eigenvalue weighted by Crippen LogP contribution is 2.15. The molecule has 9 nitrogen and oxygen atoms in total. The fourth-order valence-corrected chi connectivity index (χ4v) is 2.32. The molecule has 104 valence electrons. The van der Waals surface area contributed by atoms with Crippen LogP contribution in [0.5, 0.6) is 0 Å². The van der Waals surface area contributed by atoms with Gasteiger partial charge in [0.25, 0.3) is 15.3 Å². The van der Waals surface area contributed by atoms with E-state index in [1.54, 1.807) is 0 Å². The molecule has 18 heavy (non-hydrogen) atoms. The first kappa shape index (κ1) is 16.8. The van der Waals surface area contributed by atoms with Crippen LogP contribution in [-0.4, -0.2) is 52.8 Å². The molecular formula is C7H12N2O7S2. The number of carboxylic acid groups (broad SMARTS) is 1. The van der Waals surface area contributed by atoms with Crippen LogP contribution in [-0.2, 0) is 24.4 Å². The highest BCUT2D eigenvalue weighted by molar-refractivity contribution is 8.13. The zero-order chi connectivity index (χ0) is 13.1. The summed E-state index contributed by atoms with van der Waals surface area (Å²) < 4.78 is 35.0. The lowest BCUT2D eigenvalue weighted by molar-refractivity contribution is -0.142. The predicted octanol–water partition coefficient (Wildman–Crippen LogP) is -0.475. The summed E-state index contributed by atoms with van der Waals surface area (Å²) in [7, 11) is -4.82. The van der Waals surface area contributed by atoms with Gasteiger partial charge in [-0.1, -0.05) is 11.8 Å². The Kier molecular flexibility index (Phi) is 6.25. The van der Waals surface area contributed by atoms with Crippen LogP contribution < -0.4 is 6.15 Å². The maximum atomic E-state index is 11.4. The van der Waals surface area contributed by atoms with Crippen molar-refractivity contribution >= 4 is 39.0 Å². The number of carbonyl (C=O) groups excluding carboxylic acids is 1. The number of carbonyl (C=O) groups is 2. The van der Waals surface area contributed by atoms with Gasteiger partial charge in [-0.15, -0.1) is 0 Å². The quantitative estimate of drug-likeness (QED) is 0.459. The highest BCUT2D eigenvalue weighted by Gasteiger charge is 2.36. The van der Waals surface area contributed by atoms with Crippen LogP contribution in [0.15, 0.2) is 4.99 Å². The van der Waals surface area contributed by atoms with Crippen LogP contribution in [0.25, 0.3) is 0 Å². The molecule has 0 fully saturated rings. The number of rotatable bonds is 4. The van der Waals surface area contributed by atoms with Crippen molar-refractivity contribution in [3.63, 3.8) is 0 Å². The van der Waals surface area contributed by atoms with Gasteiger partial charge < -0.3 is 16.0 Å². The molecule has 1 rings (SSSR count). The van der Waals surface area contributed by atoms with Crippen molar-refractivity contribution in [2.75, 3.05) is 12.3 Å². The van der Waals surface area contributed by atoms with E-state index in [1.807, 2.05) is 0 Å². The molecule has 1 aliphatic rings. The van der Waals surface area contributed by atoms with Crippen molar-refractivity contribution < 1.29 is 32.4 Å². The van der Waals surface area contributed by atoms with Crippen LogP contribution in [0.4, 0.5) is 0 Å². The van der Waals surface area contributed by atoms with Gasteiger partial charge in [-0.05, 0) is 0 Å². The maximum absolute atomic E-state index is 11.4. The number of hydrogen-bond acceptors (Lipinski definition) is 8. The van der Waals surface area contributed by atoms with Crippen LogP contribution in [0.1, 0.15) is 6.42 Å². The predicted molar refractivity (Wildman–Crippen MR) is 63.5 cm³/mol. The Morgan fingerprint density at radius 2 is 2.11 bits per heavy atom. The van der Waals surface area contributed by atoms with Gasteiger partial charge in [0, 0.05) is 5.75 Å². The molecule has 1 atom stereocenters. The topological polar surface area (TPSA) is 165 Å². The molecule has 0 amide bonds. The third kappa shape index (κ3) is 5.00. The molecule has 1 heterocycles. The Hall–Kier alpha value is -1.17. The summed E-state index contributed by atoms with van der Waals surface area (Å²) in [6.07, 6.45) is -1.06. The van der Waals surface area contributed by atoms with E-state index in [2.05, 4.69) is 9.73 Å². The lowest BCUT2D eigenvalue weighted by atomic mass is 10.3. The van der Waals surface area contributed by atoms with Crippen molar-refractivity contribution in [1.82, 2.24) is 6.15 Å². The van der Waals surface area contributed by atoms with Crippen LogP contribution >= 0.6 is 11.8 Å². The van der Waals surface area contributed by atoms with Crippen LogP contribution in [0, 0.1) is 0 Å². The first-order valence-corrected chi connectivity index (χ1v) is 6.86. The van der Waals surface area contributed by atoms with Gasteiger partial charge >= 0.3 is 11.9 Å². The molecule has 0 aromatic rings. The maximum Gasteiger partial charge on any atom is 0.334 e. The Balaban J connectivity index is 0.00000289. The minimum atomic E-state index is -4.82. The molecule has 5 N–H and O–H groups in total. The summed E-state index contributed by atoms with van der Waals surface area (Å²) in [5, 5.41) is 6.28. The van der Waals surface area contributed by atoms with E-state index in [4.69, 9.17) is 9.66 Å². The highest BCUT2D eigenvalue weighted by atomic mass is 32.2. The number of carboxylic acids is 1. The number of nitrogens with zero attached hydrogens (tertiary/aromatic N) is 1. The number of hydrogen-bond donors (Lipinski definition) is 3. The monoisotopic (exact) mass is 300 g/mol. The zero-order valence-electron chi connectivity index (χ0n) is 9.11. The van der Waals surface area contributed by atoms with Crippen molar-refractivity contribution in [3.05, 3.63) is 0 Å². The second-order valence-electron chi connectivity index (χ2n) is 3.02. The zero-order valence-corrected chi connectivity index (χ0v) is 10.7. The summed E-state index contributed by atoms with van der Waals surface area (Å²) in [6, 6.07) is 0. The lowest BCUT2D eigenvalue weighted by Crippen LogP contribution is -2.34. The number of aliphatic carboxylic acids is 1. The van der Waals surface area contributed by atoms with E-state index in [1.165, 1.54) is 0 Å². The second-order valence-corrected chi connectivity index (χ2v) is 5.66. The molecule has 1 unspecified atom stereocenters. The van der Waals surface area contributed by atoms with Gasteiger partial charge in [-0.25, -0.2) is 4.99 Å². The summed E-state index contributed by atoms with van der Waals surface area (Å²) in [5.41, 5.74) is 0. The van der Waals surface area contributed by atoms with Gasteiger partial charge in [0.15, 0.2) is 5.25 Å². The molecule has 1 aliphatic heterocycles. The second kappa shape index (κ2) is 6.68. The number of thioether (sulfide) groups is 1. The number of esters is 1. The molecule has 0 bridgehead atoms. The molecule has 0 saturated carbocycles. The lowest BCUT2D eigenvalue weighted by Gasteiger charge is -2.10. The molecule has 0 aromatic carbocycles. The Morgan fingerprint density at radius 1 is 1.50 bits per heavy atom. The largest absolute Gasteiger partial charge is 0.481 e. The average molecular weight is 300 g/mol. The minimum Gasteiger partial charge on any atom is -0.481 e. The van der Waals surface area contributed by atoms with Crippen molar-refractivity contribution in [3.8, 4) is 0 Å². The normalized spacial score (nSPS) is 16.4. The van der Waals surface area contributed by atoms with Gasteiger partial charge in [-0.2, -0.15) is 8.42 Å².